The number of carbonyl (C=O) groups excluding carboxylic acids is 2. The van der Waals surface area contributed by atoms with E-state index in [0.29, 0.717) is 17.8 Å². The number of amides is 1. The topological polar surface area (TPSA) is 73.2 Å². The third kappa shape index (κ3) is 5.23. The standard InChI is InChI=1S/C21H21N3O3S/c1-15(25)17-5-7-18(8-6-17)23-20(26)14-28-21-22-11-12-24(21)13-16-3-9-19(27-2)10-4-16/h3-12H,13-14H2,1-2H3,(H,23,26). The van der Waals surface area contributed by atoms with Crippen molar-refractivity contribution in [2.75, 3.05) is 18.2 Å². The van der Waals surface area contributed by atoms with Gasteiger partial charge in [-0.05, 0) is 48.9 Å². The molecule has 6 nitrogen and oxygen atoms in total. The van der Waals surface area contributed by atoms with E-state index in [1.165, 1.54) is 18.7 Å². The highest BCUT2D eigenvalue weighted by atomic mass is 32.2. The zero-order valence-electron chi connectivity index (χ0n) is 15.7. The van der Waals surface area contributed by atoms with Crippen molar-refractivity contribution in [2.45, 2.75) is 18.6 Å². The molecular formula is C21H21N3O3S. The van der Waals surface area contributed by atoms with Gasteiger partial charge in [0.2, 0.25) is 5.91 Å². The van der Waals surface area contributed by atoms with Crippen molar-refractivity contribution in [1.29, 1.82) is 0 Å². The van der Waals surface area contributed by atoms with Gasteiger partial charge in [0.1, 0.15) is 5.75 Å². The molecule has 1 N–H and O–H groups in total. The number of ether oxygens (including phenoxy) is 1. The first-order valence-corrected chi connectivity index (χ1v) is 9.71. The summed E-state index contributed by atoms with van der Waals surface area (Å²) < 4.78 is 7.18. The third-order valence-corrected chi connectivity index (χ3v) is 5.10. The molecule has 28 heavy (non-hydrogen) atoms. The fourth-order valence-corrected chi connectivity index (χ4v) is 3.36. The number of anilines is 1. The van der Waals surface area contributed by atoms with Gasteiger partial charge in [-0.15, -0.1) is 0 Å². The molecule has 0 bridgehead atoms. The molecule has 0 unspecified atom stereocenters. The van der Waals surface area contributed by atoms with E-state index in [0.717, 1.165) is 16.5 Å². The van der Waals surface area contributed by atoms with E-state index < -0.39 is 0 Å². The quantitative estimate of drug-likeness (QED) is 0.463. The predicted molar refractivity (Wildman–Crippen MR) is 110 cm³/mol. The molecule has 3 rings (SSSR count). The Balaban J connectivity index is 1.55. The van der Waals surface area contributed by atoms with Crippen LogP contribution in [0.1, 0.15) is 22.8 Å². The van der Waals surface area contributed by atoms with E-state index in [9.17, 15) is 9.59 Å². The summed E-state index contributed by atoms with van der Waals surface area (Å²) in [5.41, 5.74) is 2.40. The number of benzene rings is 2. The molecule has 0 spiro atoms. The predicted octanol–water partition coefficient (Wildman–Crippen LogP) is 3.87. The van der Waals surface area contributed by atoms with Crippen molar-refractivity contribution in [1.82, 2.24) is 9.55 Å². The van der Waals surface area contributed by atoms with Crippen molar-refractivity contribution >= 4 is 29.1 Å². The molecule has 0 atom stereocenters. The highest BCUT2D eigenvalue weighted by molar-refractivity contribution is 7.99. The van der Waals surface area contributed by atoms with Gasteiger partial charge in [-0.25, -0.2) is 4.98 Å². The molecule has 0 saturated carbocycles. The molecule has 1 amide bonds. The van der Waals surface area contributed by atoms with Crippen molar-refractivity contribution in [3.8, 4) is 5.75 Å². The number of carbonyl (C=O) groups is 2. The first-order chi connectivity index (χ1) is 13.5. The summed E-state index contributed by atoms with van der Waals surface area (Å²) in [4.78, 5) is 27.9. The lowest BCUT2D eigenvalue weighted by Crippen LogP contribution is -2.14. The molecule has 3 aromatic rings. The van der Waals surface area contributed by atoms with Gasteiger partial charge in [0, 0.05) is 30.2 Å². The van der Waals surface area contributed by atoms with Gasteiger partial charge in [-0.2, -0.15) is 0 Å². The Morgan fingerprint density at radius 2 is 1.82 bits per heavy atom. The third-order valence-electron chi connectivity index (χ3n) is 4.10. The van der Waals surface area contributed by atoms with Crippen molar-refractivity contribution in [3.05, 3.63) is 72.1 Å². The molecule has 0 aliphatic rings. The smallest absolute Gasteiger partial charge is 0.234 e. The first-order valence-electron chi connectivity index (χ1n) is 8.73. The highest BCUT2D eigenvalue weighted by Crippen LogP contribution is 2.19. The van der Waals surface area contributed by atoms with Gasteiger partial charge in [-0.3, -0.25) is 9.59 Å². The maximum atomic E-state index is 12.2. The van der Waals surface area contributed by atoms with E-state index in [1.807, 2.05) is 35.0 Å². The van der Waals surface area contributed by atoms with Gasteiger partial charge in [-0.1, -0.05) is 23.9 Å². The van der Waals surface area contributed by atoms with Crippen LogP contribution in [0.25, 0.3) is 0 Å². The number of rotatable bonds is 8. The van der Waals surface area contributed by atoms with E-state index >= 15 is 0 Å². The molecule has 0 aliphatic heterocycles. The minimum Gasteiger partial charge on any atom is -0.497 e. The molecule has 144 valence electrons. The lowest BCUT2D eigenvalue weighted by atomic mass is 10.1. The Morgan fingerprint density at radius 1 is 1.11 bits per heavy atom. The number of ketones is 1. The zero-order valence-corrected chi connectivity index (χ0v) is 16.5. The Bertz CT molecular complexity index is 950. The number of thioether (sulfide) groups is 1. The summed E-state index contributed by atoms with van der Waals surface area (Å²) in [6, 6.07) is 14.7. The summed E-state index contributed by atoms with van der Waals surface area (Å²) in [6.45, 7) is 2.18. The van der Waals surface area contributed by atoms with Gasteiger partial charge >= 0.3 is 0 Å². The summed E-state index contributed by atoms with van der Waals surface area (Å²) in [5.74, 6) is 0.933. The SMILES string of the molecule is COc1ccc(Cn2ccnc2SCC(=O)Nc2ccc(C(C)=O)cc2)cc1. The molecule has 2 aromatic carbocycles. The zero-order chi connectivity index (χ0) is 19.9. The van der Waals surface area contributed by atoms with Crippen molar-refractivity contribution in [2.24, 2.45) is 0 Å². The van der Waals surface area contributed by atoms with Crippen LogP contribution < -0.4 is 10.1 Å². The van der Waals surface area contributed by atoms with E-state index in [-0.39, 0.29) is 17.4 Å². The van der Waals surface area contributed by atoms with Crippen LogP contribution in [0.2, 0.25) is 0 Å². The monoisotopic (exact) mass is 395 g/mol. The fraction of sp³-hybridized carbons (Fsp3) is 0.190. The Kier molecular flexibility index (Phi) is 6.49. The molecule has 0 radical (unpaired) electrons. The maximum absolute atomic E-state index is 12.2. The average molecular weight is 395 g/mol. The lowest BCUT2D eigenvalue weighted by Gasteiger charge is -2.09. The highest BCUT2D eigenvalue weighted by Gasteiger charge is 2.09. The molecule has 7 heteroatoms. The first kappa shape index (κ1) is 19.7. The molecule has 0 saturated heterocycles. The number of hydrogen-bond acceptors (Lipinski definition) is 5. The maximum Gasteiger partial charge on any atom is 0.234 e. The number of methoxy groups -OCH3 is 1. The van der Waals surface area contributed by atoms with Gasteiger partial charge in [0.25, 0.3) is 0 Å². The summed E-state index contributed by atoms with van der Waals surface area (Å²) >= 11 is 1.38. The lowest BCUT2D eigenvalue weighted by molar-refractivity contribution is -0.113. The Hall–Kier alpha value is -3.06. The van der Waals surface area contributed by atoms with Crippen LogP contribution in [-0.2, 0) is 11.3 Å². The fourth-order valence-electron chi connectivity index (χ4n) is 2.60. The van der Waals surface area contributed by atoms with Crippen LogP contribution in [0.5, 0.6) is 5.75 Å². The minimum absolute atomic E-state index is 0.00266. The van der Waals surface area contributed by atoms with E-state index in [2.05, 4.69) is 10.3 Å². The van der Waals surface area contributed by atoms with Crippen LogP contribution in [-0.4, -0.2) is 34.1 Å². The number of nitrogens with zero attached hydrogens (tertiary/aromatic N) is 2. The molecule has 1 heterocycles. The second kappa shape index (κ2) is 9.23. The summed E-state index contributed by atoms with van der Waals surface area (Å²) in [7, 11) is 1.64. The van der Waals surface area contributed by atoms with E-state index in [1.54, 1.807) is 37.6 Å². The number of aromatic nitrogens is 2. The number of imidazole rings is 1. The van der Waals surface area contributed by atoms with Crippen molar-refractivity contribution < 1.29 is 14.3 Å². The van der Waals surface area contributed by atoms with Crippen LogP contribution >= 0.6 is 11.8 Å². The van der Waals surface area contributed by atoms with Crippen LogP contribution in [0.15, 0.2) is 66.1 Å². The number of nitrogens with one attached hydrogen (secondary N) is 1. The van der Waals surface area contributed by atoms with Crippen LogP contribution in [0.4, 0.5) is 5.69 Å². The normalized spacial score (nSPS) is 10.5. The van der Waals surface area contributed by atoms with Gasteiger partial charge in [0.05, 0.1) is 12.9 Å². The molecule has 0 fully saturated rings. The van der Waals surface area contributed by atoms with Crippen LogP contribution in [0.3, 0.4) is 0 Å². The number of hydrogen-bond donors (Lipinski definition) is 1. The van der Waals surface area contributed by atoms with Crippen LogP contribution in [0, 0.1) is 0 Å². The minimum atomic E-state index is -0.125. The Morgan fingerprint density at radius 3 is 2.46 bits per heavy atom. The largest absolute Gasteiger partial charge is 0.497 e. The van der Waals surface area contributed by atoms with Gasteiger partial charge in [0.15, 0.2) is 10.9 Å². The number of Topliss-reactive ketones (excluding diaryl/α,β-unsaturated/α-hetero) is 1. The van der Waals surface area contributed by atoms with Gasteiger partial charge < -0.3 is 14.6 Å². The van der Waals surface area contributed by atoms with E-state index in [4.69, 9.17) is 4.74 Å². The molecule has 1 aromatic heterocycles. The van der Waals surface area contributed by atoms with Crippen molar-refractivity contribution in [3.63, 3.8) is 0 Å². The Labute approximate surface area is 167 Å². The molecule has 0 aliphatic carbocycles. The second-order valence-electron chi connectivity index (χ2n) is 6.16. The summed E-state index contributed by atoms with van der Waals surface area (Å²) in [6.07, 6.45) is 3.62. The second-order valence-corrected chi connectivity index (χ2v) is 7.10. The molecular weight excluding hydrogens is 374 g/mol. The summed E-state index contributed by atoms with van der Waals surface area (Å²) in [5, 5.41) is 3.61. The average Bonchev–Trinajstić information content (AvgIpc) is 3.14.